The van der Waals surface area contributed by atoms with E-state index < -0.39 is 5.69 Å². The van der Waals surface area contributed by atoms with Gasteiger partial charge in [-0.25, -0.2) is 9.59 Å². The first-order valence-electron chi connectivity index (χ1n) is 6.79. The number of carbonyl (C=O) groups excluding carboxylic acids is 1. The molecule has 1 aromatic carbocycles. The standard InChI is InChI=1S/C15H16ClN3O3/c1-2-22-14(20)13-6-4-3-5-11(13)7-17-10-19-9-12(16)8-18-15(19)21/h3-6,8-9,17H,2,7,10H2,1H3. The molecule has 1 heterocycles. The topological polar surface area (TPSA) is 73.2 Å². The van der Waals surface area contributed by atoms with E-state index in [-0.39, 0.29) is 12.6 Å². The molecular weight excluding hydrogens is 306 g/mol. The van der Waals surface area contributed by atoms with Crippen molar-refractivity contribution in [1.29, 1.82) is 0 Å². The summed E-state index contributed by atoms with van der Waals surface area (Å²) in [6.07, 6.45) is 2.80. The summed E-state index contributed by atoms with van der Waals surface area (Å²) in [5.41, 5.74) is 0.910. The largest absolute Gasteiger partial charge is 0.462 e. The molecule has 0 aliphatic carbocycles. The fourth-order valence-electron chi connectivity index (χ4n) is 1.94. The number of hydrogen-bond donors (Lipinski definition) is 1. The highest BCUT2D eigenvalue weighted by molar-refractivity contribution is 6.30. The lowest BCUT2D eigenvalue weighted by Crippen LogP contribution is -2.29. The lowest BCUT2D eigenvalue weighted by molar-refractivity contribution is 0.0525. The zero-order valence-corrected chi connectivity index (χ0v) is 12.8. The van der Waals surface area contributed by atoms with Crippen molar-refractivity contribution in [3.63, 3.8) is 0 Å². The minimum atomic E-state index is -0.393. The van der Waals surface area contributed by atoms with E-state index in [1.165, 1.54) is 17.0 Å². The second-order valence-electron chi connectivity index (χ2n) is 4.49. The monoisotopic (exact) mass is 321 g/mol. The van der Waals surface area contributed by atoms with E-state index in [1.54, 1.807) is 19.1 Å². The van der Waals surface area contributed by atoms with Crippen molar-refractivity contribution in [2.45, 2.75) is 20.1 Å². The Hall–Kier alpha value is -2.18. The lowest BCUT2D eigenvalue weighted by Gasteiger charge is -2.11. The Kier molecular flexibility index (Phi) is 5.68. The van der Waals surface area contributed by atoms with Crippen LogP contribution >= 0.6 is 11.6 Å². The Labute approximate surface area is 132 Å². The molecule has 0 radical (unpaired) electrons. The fourth-order valence-corrected chi connectivity index (χ4v) is 2.10. The molecule has 0 fully saturated rings. The number of esters is 1. The van der Waals surface area contributed by atoms with E-state index in [0.29, 0.717) is 23.7 Å². The van der Waals surface area contributed by atoms with Crippen LogP contribution in [0.2, 0.25) is 5.02 Å². The quantitative estimate of drug-likeness (QED) is 0.822. The van der Waals surface area contributed by atoms with Crippen LogP contribution in [0.25, 0.3) is 0 Å². The molecule has 0 saturated carbocycles. The van der Waals surface area contributed by atoms with Crippen LogP contribution in [0.5, 0.6) is 0 Å². The van der Waals surface area contributed by atoms with Gasteiger partial charge in [-0.05, 0) is 18.6 Å². The van der Waals surface area contributed by atoms with Gasteiger partial charge in [0.05, 0.1) is 30.1 Å². The Morgan fingerprint density at radius 1 is 1.41 bits per heavy atom. The third-order valence-corrected chi connectivity index (χ3v) is 3.13. The maximum Gasteiger partial charge on any atom is 0.348 e. The highest BCUT2D eigenvalue weighted by Crippen LogP contribution is 2.10. The summed E-state index contributed by atoms with van der Waals surface area (Å²) < 4.78 is 6.38. The Morgan fingerprint density at radius 3 is 2.95 bits per heavy atom. The van der Waals surface area contributed by atoms with Crippen LogP contribution in [0.3, 0.4) is 0 Å². The number of benzene rings is 1. The van der Waals surface area contributed by atoms with Gasteiger partial charge < -0.3 is 4.74 Å². The lowest BCUT2D eigenvalue weighted by atomic mass is 10.1. The van der Waals surface area contributed by atoms with Crippen molar-refractivity contribution in [2.24, 2.45) is 0 Å². The fraction of sp³-hybridized carbons (Fsp3) is 0.267. The molecule has 0 aliphatic rings. The molecule has 6 nitrogen and oxygen atoms in total. The summed E-state index contributed by atoms with van der Waals surface area (Å²) in [6.45, 7) is 2.74. The zero-order chi connectivity index (χ0) is 15.9. The highest BCUT2D eigenvalue weighted by atomic mass is 35.5. The van der Waals surface area contributed by atoms with E-state index in [0.717, 1.165) is 5.56 Å². The van der Waals surface area contributed by atoms with E-state index in [4.69, 9.17) is 16.3 Å². The van der Waals surface area contributed by atoms with Crippen molar-refractivity contribution in [1.82, 2.24) is 14.9 Å². The van der Waals surface area contributed by atoms with Crippen LogP contribution in [0.1, 0.15) is 22.8 Å². The predicted octanol–water partition coefficient (Wildman–Crippen LogP) is 1.82. The first-order valence-corrected chi connectivity index (χ1v) is 7.17. The summed E-state index contributed by atoms with van der Waals surface area (Å²) >= 11 is 5.80. The molecule has 7 heteroatoms. The number of halogens is 1. The van der Waals surface area contributed by atoms with Crippen molar-refractivity contribution >= 4 is 17.6 Å². The molecule has 2 rings (SSSR count). The minimum absolute atomic E-state index is 0.240. The predicted molar refractivity (Wildman–Crippen MR) is 82.7 cm³/mol. The molecule has 1 aromatic heterocycles. The first kappa shape index (κ1) is 16.2. The third kappa shape index (κ3) is 4.16. The van der Waals surface area contributed by atoms with Gasteiger partial charge in [-0.3, -0.25) is 9.88 Å². The van der Waals surface area contributed by atoms with Gasteiger partial charge in [-0.2, -0.15) is 4.98 Å². The van der Waals surface area contributed by atoms with E-state index in [9.17, 15) is 9.59 Å². The summed E-state index contributed by atoms with van der Waals surface area (Å²) in [7, 11) is 0. The molecule has 22 heavy (non-hydrogen) atoms. The summed E-state index contributed by atoms with van der Waals surface area (Å²) in [4.78, 5) is 27.1. The number of nitrogens with one attached hydrogen (secondary N) is 1. The molecule has 0 saturated heterocycles. The van der Waals surface area contributed by atoms with Crippen LogP contribution in [0.15, 0.2) is 41.5 Å². The van der Waals surface area contributed by atoms with Crippen LogP contribution in [0, 0.1) is 0 Å². The maximum atomic E-state index is 11.9. The maximum absolute atomic E-state index is 11.9. The normalized spacial score (nSPS) is 10.5. The molecule has 0 atom stereocenters. The molecule has 0 aliphatic heterocycles. The average molecular weight is 322 g/mol. The summed E-state index contributed by atoms with van der Waals surface area (Å²) in [5.74, 6) is -0.360. The second-order valence-corrected chi connectivity index (χ2v) is 4.92. The van der Waals surface area contributed by atoms with Gasteiger partial charge >= 0.3 is 11.7 Å². The van der Waals surface area contributed by atoms with Gasteiger partial charge in [0.25, 0.3) is 0 Å². The highest BCUT2D eigenvalue weighted by Gasteiger charge is 2.11. The number of rotatable bonds is 6. The van der Waals surface area contributed by atoms with Crippen LogP contribution < -0.4 is 11.0 Å². The van der Waals surface area contributed by atoms with Crippen molar-refractivity contribution in [3.8, 4) is 0 Å². The van der Waals surface area contributed by atoms with Crippen LogP contribution in [-0.4, -0.2) is 22.1 Å². The molecule has 1 N–H and O–H groups in total. The van der Waals surface area contributed by atoms with Gasteiger partial charge in [0.2, 0.25) is 0 Å². The number of aromatic nitrogens is 2. The molecule has 116 valence electrons. The van der Waals surface area contributed by atoms with E-state index in [2.05, 4.69) is 10.3 Å². The number of nitrogens with zero attached hydrogens (tertiary/aromatic N) is 2. The summed E-state index contributed by atoms with van der Waals surface area (Å²) in [6, 6.07) is 7.16. The van der Waals surface area contributed by atoms with Gasteiger partial charge in [0, 0.05) is 12.7 Å². The molecule has 0 amide bonds. The average Bonchev–Trinajstić information content (AvgIpc) is 2.51. The molecule has 0 unspecified atom stereocenters. The SMILES string of the molecule is CCOC(=O)c1ccccc1CNCn1cc(Cl)cnc1=O. The van der Waals surface area contributed by atoms with Gasteiger partial charge in [-0.1, -0.05) is 29.8 Å². The number of carbonyl (C=O) groups is 1. The second kappa shape index (κ2) is 7.72. The van der Waals surface area contributed by atoms with Crippen molar-refractivity contribution in [3.05, 3.63) is 63.3 Å². The minimum Gasteiger partial charge on any atom is -0.462 e. The van der Waals surface area contributed by atoms with E-state index in [1.807, 2.05) is 12.1 Å². The van der Waals surface area contributed by atoms with Crippen LogP contribution in [-0.2, 0) is 18.0 Å². The molecule has 2 aromatic rings. The van der Waals surface area contributed by atoms with Crippen molar-refractivity contribution < 1.29 is 9.53 Å². The summed E-state index contributed by atoms with van der Waals surface area (Å²) in [5, 5.41) is 3.46. The number of hydrogen-bond acceptors (Lipinski definition) is 5. The van der Waals surface area contributed by atoms with Crippen LogP contribution in [0.4, 0.5) is 0 Å². The van der Waals surface area contributed by atoms with Gasteiger partial charge in [-0.15, -0.1) is 0 Å². The van der Waals surface area contributed by atoms with E-state index >= 15 is 0 Å². The zero-order valence-electron chi connectivity index (χ0n) is 12.1. The molecule has 0 bridgehead atoms. The Balaban J connectivity index is 2.04. The Morgan fingerprint density at radius 2 is 2.18 bits per heavy atom. The Bertz CT molecular complexity index is 715. The van der Waals surface area contributed by atoms with Gasteiger partial charge in [0.1, 0.15) is 0 Å². The first-order chi connectivity index (χ1) is 10.6. The molecule has 0 spiro atoms. The smallest absolute Gasteiger partial charge is 0.348 e. The third-order valence-electron chi connectivity index (χ3n) is 2.93. The molecular formula is C15H16ClN3O3. The number of ether oxygens (including phenoxy) is 1. The van der Waals surface area contributed by atoms with Crippen molar-refractivity contribution in [2.75, 3.05) is 6.61 Å². The van der Waals surface area contributed by atoms with Gasteiger partial charge in [0.15, 0.2) is 0 Å².